The van der Waals surface area contributed by atoms with Gasteiger partial charge in [0.15, 0.2) is 0 Å². The average Bonchev–Trinajstić information content (AvgIpc) is 3.13. The molecule has 1 aromatic carbocycles. The molecule has 0 unspecified atom stereocenters. The number of carbonyl (C=O) groups is 2. The number of nitrogens with zero attached hydrogens (tertiary/aromatic N) is 1. The van der Waals surface area contributed by atoms with Crippen LogP contribution in [-0.2, 0) is 17.6 Å². The van der Waals surface area contributed by atoms with Gasteiger partial charge in [-0.2, -0.15) is 0 Å². The molecule has 2 fully saturated rings. The lowest BCUT2D eigenvalue weighted by Gasteiger charge is -2.24. The standard InChI is InChI=1S/C19H23NO4/c21-16-14-6-2-1-4-12(14)7-8-15(16)17(22)20-10-13-5-3-9-19(13,11-20)18(23)24/h7-8,13,21H,1-6,9-11H2,(H,23,24)/t13-,19+/m0/s1. The number of benzene rings is 1. The number of aromatic hydroxyl groups is 1. The van der Waals surface area contributed by atoms with E-state index in [2.05, 4.69) is 0 Å². The van der Waals surface area contributed by atoms with Crippen molar-refractivity contribution >= 4 is 11.9 Å². The molecular weight excluding hydrogens is 306 g/mol. The topological polar surface area (TPSA) is 77.8 Å². The molecule has 1 saturated carbocycles. The predicted molar refractivity (Wildman–Crippen MR) is 88.1 cm³/mol. The van der Waals surface area contributed by atoms with Gasteiger partial charge in [-0.05, 0) is 61.6 Å². The second kappa shape index (κ2) is 5.50. The Morgan fingerprint density at radius 1 is 1.17 bits per heavy atom. The molecular formula is C19H23NO4. The summed E-state index contributed by atoms with van der Waals surface area (Å²) in [6, 6.07) is 3.66. The summed E-state index contributed by atoms with van der Waals surface area (Å²) in [5.41, 5.74) is 1.59. The SMILES string of the molecule is O=C(c1ccc2c(c1O)CCCC2)N1C[C@@H]2CCC[C@@]2(C(=O)O)C1. The van der Waals surface area contributed by atoms with Gasteiger partial charge in [-0.3, -0.25) is 9.59 Å². The second-order valence-electron chi connectivity index (χ2n) is 7.54. The number of phenolic OH excluding ortho intramolecular Hbond substituents is 1. The highest BCUT2D eigenvalue weighted by atomic mass is 16.4. The van der Waals surface area contributed by atoms with Crippen molar-refractivity contribution in [1.29, 1.82) is 0 Å². The molecule has 5 nitrogen and oxygen atoms in total. The van der Waals surface area contributed by atoms with E-state index in [0.29, 0.717) is 18.5 Å². The molecule has 2 aliphatic carbocycles. The molecule has 5 heteroatoms. The zero-order valence-electron chi connectivity index (χ0n) is 13.8. The van der Waals surface area contributed by atoms with Gasteiger partial charge in [-0.15, -0.1) is 0 Å². The summed E-state index contributed by atoms with van der Waals surface area (Å²) in [7, 11) is 0. The van der Waals surface area contributed by atoms with Gasteiger partial charge < -0.3 is 15.1 Å². The van der Waals surface area contributed by atoms with Crippen LogP contribution in [0, 0.1) is 11.3 Å². The number of rotatable bonds is 2. The second-order valence-corrected chi connectivity index (χ2v) is 7.54. The molecule has 1 amide bonds. The molecule has 4 rings (SSSR count). The Hall–Kier alpha value is -2.04. The average molecular weight is 329 g/mol. The highest BCUT2D eigenvalue weighted by molar-refractivity contribution is 5.98. The summed E-state index contributed by atoms with van der Waals surface area (Å²) < 4.78 is 0. The van der Waals surface area contributed by atoms with Gasteiger partial charge in [0.05, 0.1) is 11.0 Å². The van der Waals surface area contributed by atoms with Crippen LogP contribution in [0.2, 0.25) is 0 Å². The van der Waals surface area contributed by atoms with Gasteiger partial charge in [-0.25, -0.2) is 0 Å². The normalized spacial score (nSPS) is 28.5. The number of hydrogen-bond acceptors (Lipinski definition) is 3. The summed E-state index contributed by atoms with van der Waals surface area (Å²) in [6.45, 7) is 0.754. The molecule has 1 heterocycles. The predicted octanol–water partition coefficient (Wildman–Crippen LogP) is 2.60. The molecule has 1 aliphatic heterocycles. The van der Waals surface area contributed by atoms with Gasteiger partial charge in [0.25, 0.3) is 5.91 Å². The van der Waals surface area contributed by atoms with E-state index >= 15 is 0 Å². The molecule has 0 spiro atoms. The number of likely N-dealkylation sites (tertiary alicyclic amines) is 1. The quantitative estimate of drug-likeness (QED) is 0.874. The lowest BCUT2D eigenvalue weighted by atomic mass is 9.81. The van der Waals surface area contributed by atoms with Gasteiger partial charge in [-0.1, -0.05) is 12.5 Å². The highest BCUT2D eigenvalue weighted by Gasteiger charge is 2.56. The summed E-state index contributed by atoms with van der Waals surface area (Å²) in [5.74, 6) is -0.858. The first kappa shape index (κ1) is 15.5. The minimum Gasteiger partial charge on any atom is -0.507 e. The van der Waals surface area contributed by atoms with Crippen molar-refractivity contribution in [2.45, 2.75) is 44.9 Å². The first-order valence-electron chi connectivity index (χ1n) is 8.89. The van der Waals surface area contributed by atoms with Crippen LogP contribution >= 0.6 is 0 Å². The number of carboxylic acid groups (broad SMARTS) is 1. The lowest BCUT2D eigenvalue weighted by Crippen LogP contribution is -2.37. The van der Waals surface area contributed by atoms with Crippen molar-refractivity contribution in [3.05, 3.63) is 28.8 Å². The molecule has 1 aromatic rings. The molecule has 0 aromatic heterocycles. The number of aliphatic carboxylic acids is 1. The van der Waals surface area contributed by atoms with Gasteiger partial charge >= 0.3 is 5.97 Å². The number of amides is 1. The van der Waals surface area contributed by atoms with Crippen LogP contribution in [0.1, 0.15) is 53.6 Å². The van der Waals surface area contributed by atoms with Crippen molar-refractivity contribution in [3.8, 4) is 5.75 Å². The van der Waals surface area contributed by atoms with E-state index in [9.17, 15) is 19.8 Å². The Morgan fingerprint density at radius 3 is 2.71 bits per heavy atom. The number of hydrogen-bond donors (Lipinski definition) is 2. The minimum atomic E-state index is -0.782. The maximum atomic E-state index is 12.9. The van der Waals surface area contributed by atoms with Crippen LogP contribution in [0.4, 0.5) is 0 Å². The van der Waals surface area contributed by atoms with Crippen molar-refractivity contribution in [2.75, 3.05) is 13.1 Å². The zero-order chi connectivity index (χ0) is 16.9. The molecule has 24 heavy (non-hydrogen) atoms. The Kier molecular flexibility index (Phi) is 3.55. The molecule has 1 saturated heterocycles. The molecule has 0 radical (unpaired) electrons. The summed E-state index contributed by atoms with van der Waals surface area (Å²) in [5, 5.41) is 20.2. The van der Waals surface area contributed by atoms with Crippen LogP contribution in [0.5, 0.6) is 5.75 Å². The maximum Gasteiger partial charge on any atom is 0.311 e. The van der Waals surface area contributed by atoms with E-state index in [-0.39, 0.29) is 24.1 Å². The molecule has 2 atom stereocenters. The molecule has 3 aliphatic rings. The number of aryl methyl sites for hydroxylation is 1. The van der Waals surface area contributed by atoms with E-state index in [1.54, 1.807) is 11.0 Å². The Labute approximate surface area is 141 Å². The van der Waals surface area contributed by atoms with Crippen LogP contribution in [0.15, 0.2) is 12.1 Å². The van der Waals surface area contributed by atoms with Gasteiger partial charge in [0.1, 0.15) is 5.75 Å². The van der Waals surface area contributed by atoms with Gasteiger partial charge in [0.2, 0.25) is 0 Å². The molecule has 2 N–H and O–H groups in total. The van der Waals surface area contributed by atoms with E-state index in [0.717, 1.165) is 49.7 Å². The first-order chi connectivity index (χ1) is 11.5. The van der Waals surface area contributed by atoms with Crippen LogP contribution in [0.25, 0.3) is 0 Å². The third kappa shape index (κ3) is 2.14. The monoisotopic (exact) mass is 329 g/mol. The minimum absolute atomic E-state index is 0.0405. The Balaban J connectivity index is 1.63. The van der Waals surface area contributed by atoms with Crippen LogP contribution in [0.3, 0.4) is 0 Å². The van der Waals surface area contributed by atoms with Crippen molar-refractivity contribution in [3.63, 3.8) is 0 Å². The largest absolute Gasteiger partial charge is 0.507 e. The number of phenols is 1. The molecule has 0 bridgehead atoms. The van der Waals surface area contributed by atoms with Crippen molar-refractivity contribution in [2.24, 2.45) is 11.3 Å². The molecule has 128 valence electrons. The summed E-state index contributed by atoms with van der Waals surface area (Å²) in [4.78, 5) is 26.3. The van der Waals surface area contributed by atoms with Crippen molar-refractivity contribution in [1.82, 2.24) is 4.90 Å². The van der Waals surface area contributed by atoms with Crippen molar-refractivity contribution < 1.29 is 19.8 Å². The van der Waals surface area contributed by atoms with E-state index in [1.165, 1.54) is 0 Å². The number of fused-ring (bicyclic) bond motifs is 2. The first-order valence-corrected chi connectivity index (χ1v) is 8.89. The fourth-order valence-electron chi connectivity index (χ4n) is 4.94. The third-order valence-corrected chi connectivity index (χ3v) is 6.32. The van der Waals surface area contributed by atoms with Crippen LogP contribution < -0.4 is 0 Å². The van der Waals surface area contributed by atoms with E-state index in [4.69, 9.17) is 0 Å². The summed E-state index contributed by atoms with van der Waals surface area (Å²) >= 11 is 0. The highest BCUT2D eigenvalue weighted by Crippen LogP contribution is 2.49. The zero-order valence-corrected chi connectivity index (χ0v) is 13.8. The van der Waals surface area contributed by atoms with E-state index < -0.39 is 11.4 Å². The number of carboxylic acids is 1. The fraction of sp³-hybridized carbons (Fsp3) is 0.579. The maximum absolute atomic E-state index is 12.9. The lowest BCUT2D eigenvalue weighted by molar-refractivity contribution is -0.149. The smallest absolute Gasteiger partial charge is 0.311 e. The van der Waals surface area contributed by atoms with Crippen LogP contribution in [-0.4, -0.2) is 40.1 Å². The van der Waals surface area contributed by atoms with Gasteiger partial charge in [0, 0.05) is 13.1 Å². The number of carbonyl (C=O) groups excluding carboxylic acids is 1. The van der Waals surface area contributed by atoms with E-state index in [1.807, 2.05) is 6.07 Å². The Bertz CT molecular complexity index is 714. The fourth-order valence-corrected chi connectivity index (χ4v) is 4.94. The Morgan fingerprint density at radius 2 is 1.96 bits per heavy atom. The third-order valence-electron chi connectivity index (χ3n) is 6.32. The summed E-state index contributed by atoms with van der Waals surface area (Å²) in [6.07, 6.45) is 6.35.